The van der Waals surface area contributed by atoms with Gasteiger partial charge in [-0.25, -0.2) is 4.98 Å². The molecule has 0 aliphatic carbocycles. The van der Waals surface area contributed by atoms with Gasteiger partial charge in [-0.15, -0.1) is 0 Å². The van der Waals surface area contributed by atoms with Crippen LogP contribution in [0.15, 0.2) is 61.2 Å². The molecule has 0 saturated carbocycles. The van der Waals surface area contributed by atoms with E-state index in [0.29, 0.717) is 11.8 Å². The molecule has 4 heterocycles. The van der Waals surface area contributed by atoms with Crippen molar-refractivity contribution >= 4 is 11.6 Å². The van der Waals surface area contributed by atoms with E-state index in [0.717, 1.165) is 43.0 Å². The fourth-order valence-corrected chi connectivity index (χ4v) is 3.63. The molecule has 7 nitrogen and oxygen atoms in total. The molecule has 1 fully saturated rings. The Balaban J connectivity index is 1.48. The van der Waals surface area contributed by atoms with Gasteiger partial charge in [0.25, 0.3) is 5.78 Å². The lowest BCUT2D eigenvalue weighted by Crippen LogP contribution is -2.36. The molecule has 1 aromatic carbocycles. The summed E-state index contributed by atoms with van der Waals surface area (Å²) in [6.07, 6.45) is 7.58. The van der Waals surface area contributed by atoms with E-state index in [1.165, 1.54) is 0 Å². The fraction of sp³-hybridized carbons (Fsp3) is 0.263. The van der Waals surface area contributed by atoms with Gasteiger partial charge in [-0.1, -0.05) is 30.3 Å². The Morgan fingerprint density at radius 1 is 0.962 bits per heavy atom. The average Bonchev–Trinajstić information content (AvgIpc) is 3.40. The molecule has 0 radical (unpaired) electrons. The van der Waals surface area contributed by atoms with Crippen molar-refractivity contribution in [1.29, 1.82) is 0 Å². The fourth-order valence-electron chi connectivity index (χ4n) is 3.63. The molecule has 0 amide bonds. The summed E-state index contributed by atoms with van der Waals surface area (Å²) in [5, 5.41) is 8.78. The molecule has 0 atom stereocenters. The second-order valence-electron chi connectivity index (χ2n) is 6.54. The van der Waals surface area contributed by atoms with Crippen LogP contribution in [0.4, 0.5) is 5.82 Å². The van der Waals surface area contributed by atoms with Gasteiger partial charge in [-0.2, -0.15) is 19.7 Å². The maximum Gasteiger partial charge on any atom is 0.254 e. The standard InChI is InChI=1S/C19H19N7/c1-2-5-15(6-3-1)17-13-18(26-19(23-17)20-14-22-26)24-11-7-16(8-12-24)25-10-4-9-21-25/h1-6,9-10,13-14,16H,7-8,11-12H2. The number of nitrogens with zero attached hydrogens (tertiary/aromatic N) is 7. The zero-order valence-electron chi connectivity index (χ0n) is 14.3. The monoisotopic (exact) mass is 345 g/mol. The van der Waals surface area contributed by atoms with Crippen molar-refractivity contribution in [2.45, 2.75) is 18.9 Å². The predicted octanol–water partition coefficient (Wildman–Crippen LogP) is 2.83. The molecule has 0 spiro atoms. The molecule has 1 saturated heterocycles. The molecule has 0 bridgehead atoms. The van der Waals surface area contributed by atoms with Crippen molar-refractivity contribution in [2.24, 2.45) is 0 Å². The second-order valence-corrected chi connectivity index (χ2v) is 6.54. The topological polar surface area (TPSA) is 64.1 Å². The van der Waals surface area contributed by atoms with Crippen LogP contribution in [0.25, 0.3) is 17.0 Å². The zero-order chi connectivity index (χ0) is 17.3. The molecule has 7 heteroatoms. The summed E-state index contributed by atoms with van der Waals surface area (Å²) in [6.45, 7) is 1.91. The highest BCUT2D eigenvalue weighted by Gasteiger charge is 2.23. The van der Waals surface area contributed by atoms with E-state index in [4.69, 9.17) is 0 Å². The number of rotatable bonds is 3. The van der Waals surface area contributed by atoms with Crippen molar-refractivity contribution in [1.82, 2.24) is 29.4 Å². The first-order chi connectivity index (χ1) is 12.9. The summed E-state index contributed by atoms with van der Waals surface area (Å²) in [5.74, 6) is 1.68. The number of aromatic nitrogens is 6. The first-order valence-corrected chi connectivity index (χ1v) is 8.89. The van der Waals surface area contributed by atoms with Gasteiger partial charge in [0.1, 0.15) is 12.1 Å². The third-order valence-corrected chi connectivity index (χ3v) is 4.99. The van der Waals surface area contributed by atoms with E-state index in [-0.39, 0.29) is 0 Å². The molecule has 1 aliphatic rings. The van der Waals surface area contributed by atoms with Crippen molar-refractivity contribution in [2.75, 3.05) is 18.0 Å². The van der Waals surface area contributed by atoms with E-state index >= 15 is 0 Å². The summed E-state index contributed by atoms with van der Waals surface area (Å²) in [5.41, 5.74) is 2.01. The lowest BCUT2D eigenvalue weighted by Gasteiger charge is -2.33. The zero-order valence-corrected chi connectivity index (χ0v) is 14.3. The summed E-state index contributed by atoms with van der Waals surface area (Å²) in [7, 11) is 0. The van der Waals surface area contributed by atoms with Gasteiger partial charge in [-0.3, -0.25) is 4.68 Å². The molecule has 1 aliphatic heterocycles. The molecule has 0 N–H and O–H groups in total. The van der Waals surface area contributed by atoms with Crippen molar-refractivity contribution in [3.8, 4) is 11.3 Å². The van der Waals surface area contributed by atoms with Crippen LogP contribution in [-0.2, 0) is 0 Å². The van der Waals surface area contributed by atoms with E-state index in [2.05, 4.69) is 54.1 Å². The lowest BCUT2D eigenvalue weighted by atomic mass is 10.1. The van der Waals surface area contributed by atoms with Gasteiger partial charge < -0.3 is 4.90 Å². The molecule has 130 valence electrons. The first kappa shape index (κ1) is 15.1. The number of hydrogen-bond acceptors (Lipinski definition) is 5. The molecular formula is C19H19N7. The summed E-state index contributed by atoms with van der Waals surface area (Å²) in [4.78, 5) is 11.4. The molecule has 4 aromatic rings. The highest BCUT2D eigenvalue weighted by atomic mass is 15.4. The third kappa shape index (κ3) is 2.61. The van der Waals surface area contributed by atoms with Crippen LogP contribution < -0.4 is 4.90 Å². The minimum Gasteiger partial charge on any atom is -0.356 e. The SMILES string of the molecule is c1ccc(-c2cc(N3CCC(n4cccn4)CC3)n3ncnc3n2)cc1. The molecular weight excluding hydrogens is 326 g/mol. The number of anilines is 1. The minimum atomic E-state index is 0.461. The van der Waals surface area contributed by atoms with E-state index < -0.39 is 0 Å². The number of piperidine rings is 1. The number of hydrogen-bond donors (Lipinski definition) is 0. The van der Waals surface area contributed by atoms with E-state index in [1.54, 1.807) is 6.33 Å². The maximum absolute atomic E-state index is 4.67. The van der Waals surface area contributed by atoms with Crippen LogP contribution in [-0.4, -0.2) is 42.5 Å². The van der Waals surface area contributed by atoms with Crippen LogP contribution in [0.2, 0.25) is 0 Å². The van der Waals surface area contributed by atoms with Crippen molar-refractivity contribution in [3.63, 3.8) is 0 Å². The van der Waals surface area contributed by atoms with Crippen molar-refractivity contribution in [3.05, 3.63) is 61.2 Å². The summed E-state index contributed by atoms with van der Waals surface area (Å²) >= 11 is 0. The Labute approximate surface area is 150 Å². The molecule has 0 unspecified atom stereocenters. The highest BCUT2D eigenvalue weighted by Crippen LogP contribution is 2.28. The minimum absolute atomic E-state index is 0.461. The van der Waals surface area contributed by atoms with Crippen LogP contribution in [0.5, 0.6) is 0 Å². The number of benzene rings is 1. The quantitative estimate of drug-likeness (QED) is 0.571. The van der Waals surface area contributed by atoms with Gasteiger partial charge in [0.15, 0.2) is 0 Å². The van der Waals surface area contributed by atoms with Crippen LogP contribution in [0, 0.1) is 0 Å². The Hall–Kier alpha value is -3.22. The Morgan fingerprint density at radius 3 is 2.58 bits per heavy atom. The van der Waals surface area contributed by atoms with E-state index in [9.17, 15) is 0 Å². The van der Waals surface area contributed by atoms with Gasteiger partial charge in [0.2, 0.25) is 0 Å². The smallest absolute Gasteiger partial charge is 0.254 e. The third-order valence-electron chi connectivity index (χ3n) is 4.99. The molecule has 26 heavy (non-hydrogen) atoms. The van der Waals surface area contributed by atoms with Crippen LogP contribution >= 0.6 is 0 Å². The Kier molecular flexibility index (Phi) is 3.62. The van der Waals surface area contributed by atoms with Gasteiger partial charge in [-0.05, 0) is 18.9 Å². The molecule has 3 aromatic heterocycles. The number of fused-ring (bicyclic) bond motifs is 1. The maximum atomic E-state index is 4.67. The largest absolute Gasteiger partial charge is 0.356 e. The Morgan fingerprint density at radius 2 is 1.81 bits per heavy atom. The summed E-state index contributed by atoms with van der Waals surface area (Å²) in [6, 6.07) is 14.8. The predicted molar refractivity (Wildman–Crippen MR) is 98.9 cm³/mol. The average molecular weight is 345 g/mol. The van der Waals surface area contributed by atoms with Crippen LogP contribution in [0.1, 0.15) is 18.9 Å². The van der Waals surface area contributed by atoms with Gasteiger partial charge in [0.05, 0.1) is 11.7 Å². The van der Waals surface area contributed by atoms with Crippen molar-refractivity contribution < 1.29 is 0 Å². The second kappa shape index (κ2) is 6.25. The lowest BCUT2D eigenvalue weighted by molar-refractivity contribution is 0.365. The van der Waals surface area contributed by atoms with Gasteiger partial charge in [0, 0.05) is 37.1 Å². The Bertz CT molecular complexity index is 999. The highest BCUT2D eigenvalue weighted by molar-refractivity contribution is 5.65. The molecule has 5 rings (SSSR count). The van der Waals surface area contributed by atoms with E-state index in [1.807, 2.05) is 35.0 Å². The first-order valence-electron chi connectivity index (χ1n) is 8.89. The normalized spacial score (nSPS) is 15.6. The van der Waals surface area contributed by atoms with Crippen LogP contribution in [0.3, 0.4) is 0 Å². The van der Waals surface area contributed by atoms with Gasteiger partial charge >= 0.3 is 0 Å². The summed E-state index contributed by atoms with van der Waals surface area (Å²) < 4.78 is 3.91.